The Morgan fingerprint density at radius 3 is 0.886 bits per heavy atom. The van der Waals surface area contributed by atoms with Crippen LogP contribution in [-0.2, 0) is 21.7 Å². The van der Waals surface area contributed by atoms with Gasteiger partial charge in [-0.1, -0.05) is 13.8 Å². The molecule has 0 fully saturated rings. The van der Waals surface area contributed by atoms with Crippen molar-refractivity contribution in [2.75, 3.05) is 0 Å². The summed E-state index contributed by atoms with van der Waals surface area (Å²) in [6.07, 6.45) is 16.7. The normalized spacial score (nSPS) is 12.8. The minimum atomic E-state index is -2.17. The molecule has 4 rings (SSSR count). The second-order valence-corrected chi connectivity index (χ2v) is 6.32. The van der Waals surface area contributed by atoms with E-state index in [0.29, 0.717) is 0 Å². The fraction of sp³-hybridized carbons (Fsp3) is 0.167. The molecule has 184 valence electrons. The molecule has 2 aliphatic carbocycles. The number of rotatable bonds is 0. The molecule has 0 saturated heterocycles. The molecule has 0 unspecified atom stereocenters. The van der Waals surface area contributed by atoms with Crippen LogP contribution in [0.1, 0.15) is 26.7 Å². The van der Waals surface area contributed by atoms with E-state index in [2.05, 4.69) is 50.3 Å². The van der Waals surface area contributed by atoms with Gasteiger partial charge < -0.3 is 0 Å². The summed E-state index contributed by atoms with van der Waals surface area (Å²) in [5, 5.41) is 0. The van der Waals surface area contributed by atoms with Gasteiger partial charge in [-0.25, -0.2) is 49.6 Å². The molecule has 2 aliphatic rings. The fourth-order valence-electron chi connectivity index (χ4n) is 2.02. The van der Waals surface area contributed by atoms with Crippen LogP contribution >= 0.6 is 0 Å². The Bertz CT molecular complexity index is 987. The zero-order chi connectivity index (χ0) is 26.0. The van der Waals surface area contributed by atoms with Crippen molar-refractivity contribution in [1.29, 1.82) is 0 Å². The molecule has 0 aromatic heterocycles. The van der Waals surface area contributed by atoms with Crippen LogP contribution in [0.25, 0.3) is 0 Å². The van der Waals surface area contributed by atoms with E-state index in [4.69, 9.17) is 0 Å². The summed E-state index contributed by atoms with van der Waals surface area (Å²) in [6, 6.07) is 2.05. The van der Waals surface area contributed by atoms with Crippen LogP contribution in [0.15, 0.2) is 35.5 Å². The van der Waals surface area contributed by atoms with E-state index in [1.165, 1.54) is 11.1 Å². The van der Waals surface area contributed by atoms with Gasteiger partial charge in [0.05, 0.1) is 58.2 Å². The molecular formula is C24H14F10Ti. The number of halogens is 10. The maximum atomic E-state index is 12.0. The monoisotopic (exact) mass is 540 g/mol. The van der Waals surface area contributed by atoms with Crippen molar-refractivity contribution in [3.05, 3.63) is 118 Å². The zero-order valence-corrected chi connectivity index (χ0v) is 19.6. The summed E-state index contributed by atoms with van der Waals surface area (Å²) in [6.45, 7) is 4.12. The van der Waals surface area contributed by atoms with Crippen LogP contribution in [0, 0.1) is 82.5 Å². The van der Waals surface area contributed by atoms with Gasteiger partial charge in [-0.05, 0) is 0 Å². The largest absolute Gasteiger partial charge is 4.00 e. The third kappa shape index (κ3) is 10.3. The standard InChI is InChI=1S/2C6F5.2C6H7.Ti/c2*7-2-1-3(8)5(10)6(11)4(2)9;2*1-6-4-2-3-5-6;/h;;2*2,4H,3H2,1H3;/q4*-1;+4. The van der Waals surface area contributed by atoms with Crippen LogP contribution in [0.4, 0.5) is 43.9 Å². The molecule has 35 heavy (non-hydrogen) atoms. The number of hydrogen-bond donors (Lipinski definition) is 0. The first-order valence-electron chi connectivity index (χ1n) is 9.16. The summed E-state index contributed by atoms with van der Waals surface area (Å²) in [4.78, 5) is 0. The van der Waals surface area contributed by atoms with Gasteiger partial charge in [-0.2, -0.15) is 12.2 Å². The molecular weight excluding hydrogens is 526 g/mol. The summed E-state index contributed by atoms with van der Waals surface area (Å²) >= 11 is 0. The van der Waals surface area contributed by atoms with Gasteiger partial charge in [0.25, 0.3) is 0 Å². The van der Waals surface area contributed by atoms with E-state index >= 15 is 0 Å². The minimum absolute atomic E-state index is 0. The Kier molecular flexibility index (Phi) is 14.3. The SMILES string of the molecule is CC1=[C-]CC=C1.CC1=[C-]CC=C1.Fc1[c-]c(F)c(F)c(F)c1F.Fc1[c-]c(F)c(F)c(F)c1F.[Ti+4]. The maximum absolute atomic E-state index is 12.0. The molecule has 11 heteroatoms. The average molecular weight is 540 g/mol. The van der Waals surface area contributed by atoms with E-state index in [-0.39, 0.29) is 21.7 Å². The Hall–Kier alpha value is -2.59. The van der Waals surface area contributed by atoms with E-state index in [1.807, 2.05) is 0 Å². The number of allylic oxidation sites excluding steroid dienone is 8. The third-order valence-corrected chi connectivity index (χ3v) is 3.71. The smallest absolute Gasteiger partial charge is 0.278 e. The topological polar surface area (TPSA) is 0 Å². The van der Waals surface area contributed by atoms with Crippen molar-refractivity contribution in [1.82, 2.24) is 0 Å². The number of hydrogen-bond acceptors (Lipinski definition) is 0. The predicted molar refractivity (Wildman–Crippen MR) is 103 cm³/mol. The van der Waals surface area contributed by atoms with Crippen molar-refractivity contribution < 1.29 is 65.6 Å². The first-order chi connectivity index (χ1) is 15.9. The summed E-state index contributed by atoms with van der Waals surface area (Å²) in [7, 11) is 0. The Morgan fingerprint density at radius 1 is 0.486 bits per heavy atom. The first-order valence-corrected chi connectivity index (χ1v) is 9.16. The van der Waals surface area contributed by atoms with Gasteiger partial charge in [-0.15, -0.1) is 25.0 Å². The van der Waals surface area contributed by atoms with E-state index in [0.717, 1.165) is 25.0 Å². The zero-order valence-electron chi connectivity index (χ0n) is 18.0. The Balaban J connectivity index is 0.000000452. The Morgan fingerprint density at radius 2 is 0.743 bits per heavy atom. The molecule has 0 radical (unpaired) electrons. The van der Waals surface area contributed by atoms with Gasteiger partial charge >= 0.3 is 21.7 Å². The van der Waals surface area contributed by atoms with Crippen molar-refractivity contribution in [3.8, 4) is 0 Å². The molecule has 0 nitrogen and oxygen atoms in total. The molecule has 0 saturated carbocycles. The van der Waals surface area contributed by atoms with E-state index < -0.39 is 58.2 Å². The van der Waals surface area contributed by atoms with Crippen molar-refractivity contribution >= 4 is 0 Å². The van der Waals surface area contributed by atoms with Crippen LogP contribution in [-0.4, -0.2) is 0 Å². The van der Waals surface area contributed by atoms with Gasteiger partial charge in [0.15, 0.2) is 0 Å². The molecule has 0 bridgehead atoms. The van der Waals surface area contributed by atoms with Gasteiger partial charge in [0.1, 0.15) is 0 Å². The Labute approximate surface area is 210 Å². The summed E-state index contributed by atoms with van der Waals surface area (Å²) in [5.74, 6) is -20.1. The molecule has 2 aromatic carbocycles. The van der Waals surface area contributed by atoms with Crippen LogP contribution in [0.2, 0.25) is 0 Å². The van der Waals surface area contributed by atoms with Crippen LogP contribution in [0.5, 0.6) is 0 Å². The van der Waals surface area contributed by atoms with Gasteiger partial charge in [0.2, 0.25) is 0 Å². The quantitative estimate of drug-likeness (QED) is 0.105. The minimum Gasteiger partial charge on any atom is -0.278 e. The molecule has 0 aliphatic heterocycles. The first kappa shape index (κ1) is 32.4. The molecule has 0 atom stereocenters. The van der Waals surface area contributed by atoms with Crippen molar-refractivity contribution in [2.24, 2.45) is 0 Å². The van der Waals surface area contributed by atoms with Gasteiger partial charge in [-0.3, -0.25) is 29.7 Å². The second-order valence-electron chi connectivity index (χ2n) is 6.32. The number of benzene rings is 2. The molecule has 0 heterocycles. The molecule has 0 N–H and O–H groups in total. The van der Waals surface area contributed by atoms with E-state index in [1.54, 1.807) is 0 Å². The van der Waals surface area contributed by atoms with Crippen molar-refractivity contribution in [2.45, 2.75) is 26.7 Å². The molecule has 0 amide bonds. The maximum Gasteiger partial charge on any atom is 4.00 e. The molecule has 2 aromatic rings. The molecule has 0 spiro atoms. The fourth-order valence-corrected chi connectivity index (χ4v) is 2.02. The second kappa shape index (κ2) is 15.4. The average Bonchev–Trinajstić information content (AvgIpc) is 3.48. The van der Waals surface area contributed by atoms with Crippen molar-refractivity contribution in [3.63, 3.8) is 0 Å². The van der Waals surface area contributed by atoms with E-state index in [9.17, 15) is 43.9 Å². The summed E-state index contributed by atoms with van der Waals surface area (Å²) < 4.78 is 120. The third-order valence-electron chi connectivity index (χ3n) is 3.71. The predicted octanol–water partition coefficient (Wildman–Crippen LogP) is 7.75. The summed E-state index contributed by atoms with van der Waals surface area (Å²) in [5.41, 5.74) is 2.55. The van der Waals surface area contributed by atoms with Crippen LogP contribution < -0.4 is 0 Å². The van der Waals surface area contributed by atoms with Crippen LogP contribution in [0.3, 0.4) is 0 Å². The van der Waals surface area contributed by atoms with Gasteiger partial charge in [0, 0.05) is 0 Å².